The molecule has 2 aromatic carbocycles. The van der Waals surface area contributed by atoms with Gasteiger partial charge in [0, 0.05) is 11.8 Å². The Hall–Kier alpha value is -2.98. The van der Waals surface area contributed by atoms with Crippen LogP contribution in [0.25, 0.3) is 11.0 Å². The van der Waals surface area contributed by atoms with Crippen molar-refractivity contribution in [3.05, 3.63) is 71.0 Å². The third kappa shape index (κ3) is 7.80. The van der Waals surface area contributed by atoms with Crippen molar-refractivity contribution in [2.45, 2.75) is 55.6 Å². The van der Waals surface area contributed by atoms with Crippen LogP contribution >= 0.6 is 0 Å². The summed E-state index contributed by atoms with van der Waals surface area (Å²) in [4.78, 5) is 19.5. The summed E-state index contributed by atoms with van der Waals surface area (Å²) in [6.45, 7) is 4.41. The van der Waals surface area contributed by atoms with Crippen LogP contribution < -0.4 is 39.0 Å². The van der Waals surface area contributed by atoms with E-state index in [0.29, 0.717) is 5.56 Å². The van der Waals surface area contributed by atoms with E-state index < -0.39 is 46.2 Å². The summed E-state index contributed by atoms with van der Waals surface area (Å²) in [6, 6.07) is 10.5. The fourth-order valence-corrected chi connectivity index (χ4v) is 8.03. The molecule has 232 valence electrons. The van der Waals surface area contributed by atoms with Crippen molar-refractivity contribution >= 4 is 37.8 Å². The molecule has 0 aliphatic carbocycles. The Balaban J connectivity index is 0.00000353. The van der Waals surface area contributed by atoms with E-state index in [1.807, 2.05) is 0 Å². The zero-order valence-corrected chi connectivity index (χ0v) is 28.1. The van der Waals surface area contributed by atoms with Crippen LogP contribution in [-0.2, 0) is 31.4 Å². The number of hydrogen-bond donors (Lipinski definition) is 1. The Morgan fingerprint density at radius 1 is 1.14 bits per heavy atom. The van der Waals surface area contributed by atoms with Gasteiger partial charge in [0.2, 0.25) is 5.16 Å². The zero-order valence-electron chi connectivity index (χ0n) is 25.5. The van der Waals surface area contributed by atoms with Gasteiger partial charge in [-0.3, -0.25) is 9.19 Å². The van der Waals surface area contributed by atoms with E-state index in [2.05, 4.69) is 9.97 Å². The largest absolute Gasteiger partial charge is 1.00 e. The first kappa shape index (κ1) is 35.5. The molecule has 0 bridgehead atoms. The van der Waals surface area contributed by atoms with Crippen molar-refractivity contribution in [1.29, 1.82) is 0 Å². The molecule has 4 aromatic rings. The number of para-hydroxylation sites is 2. The Kier molecular flexibility index (Phi) is 11.3. The average Bonchev–Trinajstić information content (AvgIpc) is 3.32. The Morgan fingerprint density at radius 3 is 2.45 bits per heavy atom. The number of imidazole rings is 1. The maximum Gasteiger partial charge on any atom is 1.00 e. The molecule has 16 heteroatoms. The maximum atomic E-state index is 14.4. The van der Waals surface area contributed by atoms with Gasteiger partial charge < -0.3 is 16.0 Å². The number of benzene rings is 2. The number of aromatic nitrogens is 3. The number of pyridine rings is 1. The quantitative estimate of drug-likeness (QED) is 0.240. The first-order valence-corrected chi connectivity index (χ1v) is 15.6. The van der Waals surface area contributed by atoms with Gasteiger partial charge in [0.15, 0.2) is 13.2 Å². The zero-order chi connectivity index (χ0) is 31.7. The predicted molar refractivity (Wildman–Crippen MR) is 152 cm³/mol. The van der Waals surface area contributed by atoms with E-state index in [0.717, 1.165) is 3.97 Å². The maximum absolute atomic E-state index is 14.4. The van der Waals surface area contributed by atoms with Crippen molar-refractivity contribution in [1.82, 2.24) is 13.9 Å². The van der Waals surface area contributed by atoms with E-state index >= 15 is 0 Å². The van der Waals surface area contributed by atoms with Crippen molar-refractivity contribution in [3.63, 3.8) is 0 Å². The second kappa shape index (κ2) is 14.0. The number of aliphatic carboxylic acids is 1. The first-order chi connectivity index (χ1) is 20.1. The van der Waals surface area contributed by atoms with Crippen LogP contribution in [0.4, 0.5) is 13.2 Å². The van der Waals surface area contributed by atoms with Gasteiger partial charge in [-0.1, -0.05) is 26.0 Å². The number of rotatable bonds is 11. The minimum atomic E-state index is -4.56. The minimum Gasteiger partial charge on any atom is -1.00 e. The van der Waals surface area contributed by atoms with Gasteiger partial charge in [-0.05, 0) is 61.2 Å². The molecule has 0 saturated carbocycles. The van der Waals surface area contributed by atoms with Crippen LogP contribution in [0.3, 0.4) is 0 Å². The monoisotopic (exact) mass is 663 g/mol. The van der Waals surface area contributed by atoms with Gasteiger partial charge in [-0.15, -0.1) is 0 Å². The number of carboxylic acid groups (broad SMARTS) is 1. The SMILES string of the molecule is Cc1cc(OCC(=O)O)cc(C(C)C)c1S(=O)(=O)n1c(S(=O)Cc2nccc(OCC(F)(F)F)c2C)nc2ccccc21.[H-].[Na+]. The van der Waals surface area contributed by atoms with Crippen LogP contribution in [0, 0.1) is 13.8 Å². The number of fused-ring (bicyclic) bond motifs is 1. The van der Waals surface area contributed by atoms with Crippen LogP contribution in [0.2, 0.25) is 0 Å². The topological polar surface area (TPSA) is 138 Å². The van der Waals surface area contributed by atoms with Gasteiger partial charge in [0.1, 0.15) is 11.5 Å². The Labute approximate surface area is 277 Å². The Morgan fingerprint density at radius 2 is 1.82 bits per heavy atom. The van der Waals surface area contributed by atoms with Crippen molar-refractivity contribution in [2.75, 3.05) is 13.2 Å². The fraction of sp³-hybridized carbons (Fsp3) is 0.321. The second-order valence-corrected chi connectivity index (χ2v) is 13.0. The van der Waals surface area contributed by atoms with E-state index in [4.69, 9.17) is 14.6 Å². The number of aryl methyl sites for hydroxylation is 1. The van der Waals surface area contributed by atoms with Gasteiger partial charge in [0.25, 0.3) is 10.0 Å². The first-order valence-electron chi connectivity index (χ1n) is 12.8. The standard InChI is InChI=1S/C28H28F3N3O7S2.Na.H/c1-16(2)20-12-19(40-13-25(35)36)11-17(3)26(20)43(38,39)34-23-8-6-5-7-21(23)33-27(34)42(37)14-22-18(4)24(9-10-32-22)41-15-28(29,30)31;;/h5-12,16H,13-15H2,1-4H3,(H,35,36);;/q;+1;-1. The van der Waals surface area contributed by atoms with Crippen molar-refractivity contribution in [2.24, 2.45) is 0 Å². The summed E-state index contributed by atoms with van der Waals surface area (Å²) in [5, 5.41) is 8.69. The van der Waals surface area contributed by atoms with Crippen molar-refractivity contribution in [3.8, 4) is 11.5 Å². The molecule has 0 aliphatic rings. The van der Waals surface area contributed by atoms with Crippen LogP contribution in [0.15, 0.2) is 58.7 Å². The van der Waals surface area contributed by atoms with Gasteiger partial charge in [-0.25, -0.2) is 22.2 Å². The molecule has 0 radical (unpaired) electrons. The molecule has 0 spiro atoms. The molecule has 0 amide bonds. The molecule has 10 nitrogen and oxygen atoms in total. The number of ether oxygens (including phenoxy) is 2. The number of carbonyl (C=O) groups is 1. The van der Waals surface area contributed by atoms with Gasteiger partial charge in [-0.2, -0.15) is 13.2 Å². The van der Waals surface area contributed by atoms with Crippen molar-refractivity contribution < 1.29 is 76.2 Å². The Bertz CT molecular complexity index is 1830. The number of carboxylic acids is 1. The molecule has 1 atom stereocenters. The van der Waals surface area contributed by atoms with E-state index in [1.54, 1.807) is 39.0 Å². The van der Waals surface area contributed by atoms with E-state index in [1.165, 1.54) is 37.4 Å². The normalized spacial score (nSPS) is 12.6. The molecule has 0 saturated heterocycles. The summed E-state index contributed by atoms with van der Waals surface area (Å²) >= 11 is 0. The van der Waals surface area contributed by atoms with E-state index in [-0.39, 0.29) is 92.1 Å². The number of halogens is 3. The molecule has 2 heterocycles. The number of hydrogen-bond acceptors (Lipinski definition) is 8. The molecular weight excluding hydrogens is 634 g/mol. The molecular formula is C28H29F3N3NaO7S2. The third-order valence-corrected chi connectivity index (χ3v) is 9.63. The molecule has 0 fully saturated rings. The van der Waals surface area contributed by atoms with Gasteiger partial charge in [0.05, 0.1) is 38.2 Å². The molecule has 4 rings (SSSR count). The molecule has 0 aliphatic heterocycles. The summed E-state index contributed by atoms with van der Waals surface area (Å²) in [7, 11) is -6.60. The fourth-order valence-electron chi connectivity index (χ4n) is 4.43. The minimum absolute atomic E-state index is 0. The van der Waals surface area contributed by atoms with Gasteiger partial charge >= 0.3 is 41.7 Å². The number of nitrogens with zero attached hydrogens (tertiary/aromatic N) is 3. The molecule has 44 heavy (non-hydrogen) atoms. The molecule has 1 N–H and O–H groups in total. The second-order valence-electron chi connectivity index (χ2n) is 9.92. The molecule has 1 unspecified atom stereocenters. The predicted octanol–water partition coefficient (Wildman–Crippen LogP) is 2.24. The number of alkyl halides is 3. The van der Waals surface area contributed by atoms with Crippen LogP contribution in [0.5, 0.6) is 11.5 Å². The summed E-state index contributed by atoms with van der Waals surface area (Å²) in [5.41, 5.74) is 1.41. The summed E-state index contributed by atoms with van der Waals surface area (Å²) in [5.74, 6) is -1.81. The third-order valence-electron chi connectivity index (χ3n) is 6.37. The summed E-state index contributed by atoms with van der Waals surface area (Å²) < 4.78 is 91.9. The average molecular weight is 664 g/mol. The molecule has 2 aromatic heterocycles. The smallest absolute Gasteiger partial charge is 1.00 e. The summed E-state index contributed by atoms with van der Waals surface area (Å²) in [6.07, 6.45) is -3.34. The van der Waals surface area contributed by atoms with Crippen LogP contribution in [0.1, 0.15) is 43.6 Å². The van der Waals surface area contributed by atoms with Crippen LogP contribution in [-0.4, -0.2) is 57.0 Å². The van der Waals surface area contributed by atoms with E-state index in [9.17, 15) is 30.6 Å².